The average molecular weight is 301 g/mol. The Morgan fingerprint density at radius 2 is 1.95 bits per heavy atom. The maximum absolute atomic E-state index is 12.3. The first kappa shape index (κ1) is 16.2. The SMILES string of the molecule is CCN(CCO)C(=O)c1ccc(Cn2nc(C)cc2C)cc1. The molecule has 0 aliphatic heterocycles. The Kier molecular flexibility index (Phi) is 5.33. The summed E-state index contributed by atoms with van der Waals surface area (Å²) >= 11 is 0. The number of likely N-dealkylation sites (N-methyl/N-ethyl adjacent to an activating group) is 1. The molecule has 2 rings (SSSR count). The number of hydrogen-bond acceptors (Lipinski definition) is 3. The van der Waals surface area contributed by atoms with Gasteiger partial charge < -0.3 is 10.0 Å². The van der Waals surface area contributed by atoms with Crippen LogP contribution in [0.2, 0.25) is 0 Å². The van der Waals surface area contributed by atoms with Crippen LogP contribution in [0.3, 0.4) is 0 Å². The molecule has 0 aliphatic carbocycles. The molecule has 22 heavy (non-hydrogen) atoms. The molecule has 0 atom stereocenters. The lowest BCUT2D eigenvalue weighted by Crippen LogP contribution is -2.33. The third-order valence-corrected chi connectivity index (χ3v) is 3.68. The highest BCUT2D eigenvalue weighted by Crippen LogP contribution is 2.11. The van der Waals surface area contributed by atoms with Crippen molar-refractivity contribution in [3.63, 3.8) is 0 Å². The quantitative estimate of drug-likeness (QED) is 0.888. The second kappa shape index (κ2) is 7.22. The molecule has 0 fully saturated rings. The predicted molar refractivity (Wildman–Crippen MR) is 85.9 cm³/mol. The van der Waals surface area contributed by atoms with E-state index in [1.54, 1.807) is 4.90 Å². The van der Waals surface area contributed by atoms with Gasteiger partial charge in [0.2, 0.25) is 0 Å². The molecular weight excluding hydrogens is 278 g/mol. The van der Waals surface area contributed by atoms with Crippen LogP contribution in [0.4, 0.5) is 0 Å². The summed E-state index contributed by atoms with van der Waals surface area (Å²) in [6.45, 7) is 7.55. The van der Waals surface area contributed by atoms with E-state index in [1.807, 2.05) is 55.8 Å². The Bertz CT molecular complexity index is 632. The smallest absolute Gasteiger partial charge is 0.253 e. The van der Waals surface area contributed by atoms with Gasteiger partial charge in [-0.3, -0.25) is 9.48 Å². The predicted octanol–water partition coefficient (Wildman–Crippen LogP) is 2.00. The largest absolute Gasteiger partial charge is 0.395 e. The molecule has 0 aliphatic rings. The van der Waals surface area contributed by atoms with E-state index in [0.29, 0.717) is 25.2 Å². The Morgan fingerprint density at radius 1 is 1.27 bits per heavy atom. The van der Waals surface area contributed by atoms with Crippen molar-refractivity contribution < 1.29 is 9.90 Å². The van der Waals surface area contributed by atoms with Gasteiger partial charge in [-0.1, -0.05) is 12.1 Å². The van der Waals surface area contributed by atoms with Crippen LogP contribution in [0.5, 0.6) is 0 Å². The number of amides is 1. The molecule has 1 aromatic carbocycles. The van der Waals surface area contributed by atoms with E-state index in [9.17, 15) is 4.79 Å². The molecule has 0 saturated carbocycles. The Labute approximate surface area is 131 Å². The van der Waals surface area contributed by atoms with Gasteiger partial charge in [-0.05, 0) is 44.5 Å². The summed E-state index contributed by atoms with van der Waals surface area (Å²) in [5, 5.41) is 13.4. The van der Waals surface area contributed by atoms with Crippen LogP contribution in [-0.4, -0.2) is 45.4 Å². The summed E-state index contributed by atoms with van der Waals surface area (Å²) < 4.78 is 1.95. The average Bonchev–Trinajstić information content (AvgIpc) is 2.82. The van der Waals surface area contributed by atoms with Gasteiger partial charge in [0.25, 0.3) is 5.91 Å². The summed E-state index contributed by atoms with van der Waals surface area (Å²) in [5.74, 6) is -0.0470. The van der Waals surface area contributed by atoms with Crippen LogP contribution >= 0.6 is 0 Å². The highest BCUT2D eigenvalue weighted by molar-refractivity contribution is 5.94. The van der Waals surface area contributed by atoms with Gasteiger partial charge >= 0.3 is 0 Å². The maximum atomic E-state index is 12.3. The van der Waals surface area contributed by atoms with Crippen molar-refractivity contribution in [3.8, 4) is 0 Å². The first-order chi connectivity index (χ1) is 10.5. The first-order valence-corrected chi connectivity index (χ1v) is 7.55. The second-order valence-corrected chi connectivity index (χ2v) is 5.39. The normalized spacial score (nSPS) is 10.7. The summed E-state index contributed by atoms with van der Waals surface area (Å²) in [6, 6.07) is 9.63. The van der Waals surface area contributed by atoms with Crippen molar-refractivity contribution in [1.29, 1.82) is 0 Å². The Hall–Kier alpha value is -2.14. The molecule has 1 aromatic heterocycles. The third-order valence-electron chi connectivity index (χ3n) is 3.68. The molecular formula is C17H23N3O2. The molecule has 2 aromatic rings. The fourth-order valence-electron chi connectivity index (χ4n) is 2.47. The number of aryl methyl sites for hydroxylation is 2. The van der Waals surface area contributed by atoms with Crippen LogP contribution in [0, 0.1) is 13.8 Å². The summed E-state index contributed by atoms with van der Waals surface area (Å²) in [4.78, 5) is 13.9. The van der Waals surface area contributed by atoms with Crippen molar-refractivity contribution in [3.05, 3.63) is 52.8 Å². The number of nitrogens with zero attached hydrogens (tertiary/aromatic N) is 3. The number of carbonyl (C=O) groups is 1. The van der Waals surface area contributed by atoms with Crippen molar-refractivity contribution >= 4 is 5.91 Å². The molecule has 5 nitrogen and oxygen atoms in total. The van der Waals surface area contributed by atoms with E-state index < -0.39 is 0 Å². The van der Waals surface area contributed by atoms with E-state index in [0.717, 1.165) is 17.0 Å². The molecule has 1 N–H and O–H groups in total. The zero-order chi connectivity index (χ0) is 16.1. The molecule has 0 radical (unpaired) electrons. The second-order valence-electron chi connectivity index (χ2n) is 5.39. The lowest BCUT2D eigenvalue weighted by molar-refractivity contribution is 0.0732. The van der Waals surface area contributed by atoms with Crippen LogP contribution in [-0.2, 0) is 6.54 Å². The van der Waals surface area contributed by atoms with Crippen molar-refractivity contribution in [1.82, 2.24) is 14.7 Å². The van der Waals surface area contributed by atoms with E-state index in [4.69, 9.17) is 5.11 Å². The number of carbonyl (C=O) groups excluding carboxylic acids is 1. The zero-order valence-corrected chi connectivity index (χ0v) is 13.4. The number of hydrogen-bond donors (Lipinski definition) is 1. The van der Waals surface area contributed by atoms with Gasteiger partial charge in [0.1, 0.15) is 0 Å². The molecule has 0 bridgehead atoms. The van der Waals surface area contributed by atoms with E-state index in [2.05, 4.69) is 5.10 Å². The summed E-state index contributed by atoms with van der Waals surface area (Å²) in [5.41, 5.74) is 3.88. The Morgan fingerprint density at radius 3 is 2.45 bits per heavy atom. The number of aliphatic hydroxyl groups excluding tert-OH is 1. The fraction of sp³-hybridized carbons (Fsp3) is 0.412. The number of aromatic nitrogens is 2. The molecule has 118 valence electrons. The molecule has 0 spiro atoms. The van der Waals surface area contributed by atoms with Crippen LogP contribution in [0.1, 0.15) is 34.2 Å². The minimum Gasteiger partial charge on any atom is -0.395 e. The Balaban J connectivity index is 2.10. The van der Waals surface area contributed by atoms with E-state index >= 15 is 0 Å². The van der Waals surface area contributed by atoms with Gasteiger partial charge in [0.05, 0.1) is 18.8 Å². The standard InChI is InChI=1S/C17H23N3O2/c1-4-19(9-10-21)17(22)16-7-5-15(6-8-16)12-20-14(3)11-13(2)18-20/h5-8,11,21H,4,9-10,12H2,1-3H3. The van der Waals surface area contributed by atoms with Crippen LogP contribution in [0.15, 0.2) is 30.3 Å². The molecule has 0 saturated heterocycles. The number of aliphatic hydroxyl groups is 1. The third kappa shape index (κ3) is 3.74. The van der Waals surface area contributed by atoms with Gasteiger partial charge in [-0.15, -0.1) is 0 Å². The maximum Gasteiger partial charge on any atom is 0.253 e. The van der Waals surface area contributed by atoms with Gasteiger partial charge in [0.15, 0.2) is 0 Å². The highest BCUT2D eigenvalue weighted by atomic mass is 16.3. The summed E-state index contributed by atoms with van der Waals surface area (Å²) in [6.07, 6.45) is 0. The summed E-state index contributed by atoms with van der Waals surface area (Å²) in [7, 11) is 0. The number of rotatable bonds is 6. The fourth-order valence-corrected chi connectivity index (χ4v) is 2.47. The molecule has 1 heterocycles. The van der Waals surface area contributed by atoms with Gasteiger partial charge in [-0.2, -0.15) is 5.10 Å². The lowest BCUT2D eigenvalue weighted by atomic mass is 10.1. The van der Waals surface area contributed by atoms with Crippen molar-refractivity contribution in [2.75, 3.05) is 19.7 Å². The number of benzene rings is 1. The van der Waals surface area contributed by atoms with Crippen LogP contribution < -0.4 is 0 Å². The van der Waals surface area contributed by atoms with Gasteiger partial charge in [0, 0.05) is 24.3 Å². The molecule has 1 amide bonds. The topological polar surface area (TPSA) is 58.4 Å². The van der Waals surface area contributed by atoms with E-state index in [-0.39, 0.29) is 12.5 Å². The lowest BCUT2D eigenvalue weighted by Gasteiger charge is -2.19. The first-order valence-electron chi connectivity index (χ1n) is 7.55. The van der Waals surface area contributed by atoms with Crippen molar-refractivity contribution in [2.24, 2.45) is 0 Å². The molecule has 0 unspecified atom stereocenters. The van der Waals surface area contributed by atoms with E-state index in [1.165, 1.54) is 0 Å². The minimum atomic E-state index is -0.0470. The molecule has 5 heteroatoms. The minimum absolute atomic E-state index is 0.0183. The van der Waals surface area contributed by atoms with Gasteiger partial charge in [-0.25, -0.2) is 0 Å². The monoisotopic (exact) mass is 301 g/mol. The highest BCUT2D eigenvalue weighted by Gasteiger charge is 2.13. The van der Waals surface area contributed by atoms with Crippen LogP contribution in [0.25, 0.3) is 0 Å². The van der Waals surface area contributed by atoms with Crippen molar-refractivity contribution in [2.45, 2.75) is 27.3 Å². The zero-order valence-electron chi connectivity index (χ0n) is 13.4.